The average molecular weight is 600 g/mol. The normalized spacial score (nSPS) is 12.4. The van der Waals surface area contributed by atoms with Crippen LogP contribution in [0, 0.1) is 0 Å². The number of thioether (sulfide) groups is 1. The monoisotopic (exact) mass is 599 g/mol. The highest BCUT2D eigenvalue weighted by atomic mass is 35.5. The Morgan fingerprint density at radius 1 is 1.05 bits per heavy atom. The lowest BCUT2D eigenvalue weighted by Crippen LogP contribution is -2.21. The summed E-state index contributed by atoms with van der Waals surface area (Å²) in [5, 5.41) is 24.5. The van der Waals surface area contributed by atoms with Crippen molar-refractivity contribution in [3.63, 3.8) is 0 Å². The molecule has 0 heterocycles. The third kappa shape index (κ3) is 8.97. The van der Waals surface area contributed by atoms with Gasteiger partial charge in [0, 0.05) is 22.1 Å². The summed E-state index contributed by atoms with van der Waals surface area (Å²) >= 11 is 13.0. The maximum Gasteiger partial charge on any atom is 0.417 e. The second kappa shape index (κ2) is 13.8. The molecule has 2 amide bonds. The Balaban J connectivity index is 1.71. The van der Waals surface area contributed by atoms with Crippen LogP contribution < -0.4 is 10.7 Å². The van der Waals surface area contributed by atoms with E-state index in [9.17, 15) is 27.9 Å². The van der Waals surface area contributed by atoms with Gasteiger partial charge in [-0.25, -0.2) is 5.43 Å². The largest absolute Gasteiger partial charge is 0.417 e. The number of hydrogen-bond donors (Lipinski definition) is 4. The molecule has 0 aromatic heterocycles. The lowest BCUT2D eigenvalue weighted by Gasteiger charge is -2.12. The molecule has 0 saturated carbocycles. The summed E-state index contributed by atoms with van der Waals surface area (Å²) in [6.07, 6.45) is -4.46. The van der Waals surface area contributed by atoms with Gasteiger partial charge in [-0.1, -0.05) is 41.4 Å². The van der Waals surface area contributed by atoms with E-state index >= 15 is 0 Å². The quantitative estimate of drug-likeness (QED) is 0.179. The van der Waals surface area contributed by atoms with Crippen LogP contribution >= 0.6 is 35.0 Å². The van der Waals surface area contributed by atoms with Crippen molar-refractivity contribution in [2.24, 2.45) is 5.10 Å². The van der Waals surface area contributed by atoms with Crippen LogP contribution in [0.15, 0.2) is 65.8 Å². The number of rotatable bonds is 10. The highest BCUT2D eigenvalue weighted by Crippen LogP contribution is 2.34. The first-order valence-electron chi connectivity index (χ1n) is 11.2. The first kappa shape index (κ1) is 30.5. The molecule has 1 unspecified atom stereocenters. The Morgan fingerprint density at radius 2 is 1.82 bits per heavy atom. The van der Waals surface area contributed by atoms with Crippen LogP contribution in [0.25, 0.3) is 0 Å². The number of nitrogens with one attached hydrogen (secondary N) is 2. The SMILES string of the molecule is O=C(Nc1ccc(Cl)cc1C(=O)N/N=C/c1ccc(Cl)c(C(F)(F)F)c1)c1cccc(CSCC(O)CO)c1. The molecule has 0 aliphatic rings. The molecular weight excluding hydrogens is 578 g/mol. The lowest BCUT2D eigenvalue weighted by atomic mass is 10.1. The van der Waals surface area contributed by atoms with Crippen LogP contribution in [0.5, 0.6) is 0 Å². The molecule has 7 nitrogen and oxygen atoms in total. The highest BCUT2D eigenvalue weighted by Gasteiger charge is 2.33. The average Bonchev–Trinajstić information content (AvgIpc) is 2.89. The summed E-state index contributed by atoms with van der Waals surface area (Å²) in [6.45, 7) is -0.335. The topological polar surface area (TPSA) is 111 Å². The molecule has 13 heteroatoms. The number of halogens is 5. The van der Waals surface area contributed by atoms with Crippen LogP contribution in [0.2, 0.25) is 10.0 Å². The van der Waals surface area contributed by atoms with Crippen LogP contribution in [0.1, 0.15) is 37.4 Å². The van der Waals surface area contributed by atoms with Crippen molar-refractivity contribution in [2.75, 3.05) is 17.7 Å². The number of alkyl halides is 3. The molecular formula is C26H22Cl2F3N3O4S. The molecule has 206 valence electrons. The molecule has 0 aliphatic carbocycles. The van der Waals surface area contributed by atoms with Gasteiger partial charge in [-0.2, -0.15) is 30.0 Å². The standard InChI is InChI=1S/C26H22Cl2F3N3O4S/c27-18-5-7-23(33-24(37)17-3-1-2-16(8-17)13-39-14-19(36)12-35)20(10-18)25(38)34-32-11-15-4-6-22(28)21(9-15)26(29,30)31/h1-11,19,35-36H,12-14H2,(H,33,37)(H,34,38)/b32-11+. The highest BCUT2D eigenvalue weighted by molar-refractivity contribution is 7.98. The Bertz CT molecular complexity index is 1370. The van der Waals surface area contributed by atoms with E-state index in [1.54, 1.807) is 18.2 Å². The molecule has 39 heavy (non-hydrogen) atoms. The number of hydrazone groups is 1. The summed E-state index contributed by atoms with van der Waals surface area (Å²) < 4.78 is 39.2. The minimum Gasteiger partial charge on any atom is -0.394 e. The van der Waals surface area contributed by atoms with Crippen LogP contribution in [0.4, 0.5) is 18.9 Å². The zero-order valence-electron chi connectivity index (χ0n) is 20.0. The van der Waals surface area contributed by atoms with Crippen molar-refractivity contribution in [3.8, 4) is 0 Å². The van der Waals surface area contributed by atoms with Gasteiger partial charge in [-0.3, -0.25) is 9.59 Å². The first-order valence-corrected chi connectivity index (χ1v) is 13.2. The van der Waals surface area contributed by atoms with Gasteiger partial charge in [0.1, 0.15) is 0 Å². The Morgan fingerprint density at radius 3 is 2.54 bits per heavy atom. The summed E-state index contributed by atoms with van der Waals surface area (Å²) in [5.74, 6) is -0.428. The molecule has 1 atom stereocenters. The van der Waals surface area contributed by atoms with Gasteiger partial charge in [0.05, 0.1) is 40.8 Å². The van der Waals surface area contributed by atoms with Crippen molar-refractivity contribution >= 4 is 58.7 Å². The van der Waals surface area contributed by atoms with Crippen LogP contribution in [-0.2, 0) is 11.9 Å². The van der Waals surface area contributed by atoms with Crippen molar-refractivity contribution in [1.82, 2.24) is 5.43 Å². The number of carbonyl (C=O) groups is 2. The number of aliphatic hydroxyl groups is 2. The minimum absolute atomic E-state index is 0.0233. The van der Waals surface area contributed by atoms with E-state index < -0.39 is 34.7 Å². The molecule has 3 rings (SSSR count). The number of aliphatic hydroxyl groups excluding tert-OH is 2. The van der Waals surface area contributed by atoms with Gasteiger partial charge < -0.3 is 15.5 Å². The Hall–Kier alpha value is -3.09. The zero-order chi connectivity index (χ0) is 28.6. The molecule has 0 fully saturated rings. The maximum absolute atomic E-state index is 13.1. The molecule has 0 bridgehead atoms. The molecule has 0 radical (unpaired) electrons. The van der Waals surface area contributed by atoms with Gasteiger partial charge in [0.15, 0.2) is 0 Å². The van der Waals surface area contributed by atoms with Crippen molar-refractivity contribution in [2.45, 2.75) is 18.0 Å². The molecule has 0 saturated heterocycles. The number of amides is 2. The van der Waals surface area contributed by atoms with E-state index in [2.05, 4.69) is 15.8 Å². The second-order valence-electron chi connectivity index (χ2n) is 8.13. The number of carbonyl (C=O) groups excluding carboxylic acids is 2. The van der Waals surface area contributed by atoms with Gasteiger partial charge in [-0.15, -0.1) is 0 Å². The maximum atomic E-state index is 13.1. The smallest absolute Gasteiger partial charge is 0.394 e. The lowest BCUT2D eigenvalue weighted by molar-refractivity contribution is -0.137. The fraction of sp³-hybridized carbons (Fsp3) is 0.192. The number of benzene rings is 3. The second-order valence-corrected chi connectivity index (χ2v) is 10.0. The molecule has 3 aromatic rings. The van der Waals surface area contributed by atoms with Crippen molar-refractivity contribution in [1.29, 1.82) is 0 Å². The molecule has 0 spiro atoms. The molecule has 4 N–H and O–H groups in total. The number of hydrogen-bond acceptors (Lipinski definition) is 6. The van der Waals surface area contributed by atoms with E-state index in [4.69, 9.17) is 28.3 Å². The van der Waals surface area contributed by atoms with Gasteiger partial charge in [-0.05, 0) is 53.6 Å². The fourth-order valence-electron chi connectivity index (χ4n) is 3.24. The van der Waals surface area contributed by atoms with Gasteiger partial charge in [0.2, 0.25) is 0 Å². The van der Waals surface area contributed by atoms with E-state index in [1.807, 2.05) is 6.07 Å². The predicted molar refractivity (Wildman–Crippen MR) is 147 cm³/mol. The van der Waals surface area contributed by atoms with Crippen LogP contribution in [-0.4, -0.2) is 46.7 Å². The van der Waals surface area contributed by atoms with Crippen molar-refractivity contribution in [3.05, 3.63) is 98.5 Å². The van der Waals surface area contributed by atoms with E-state index in [-0.39, 0.29) is 28.4 Å². The van der Waals surface area contributed by atoms with Gasteiger partial charge in [0.25, 0.3) is 11.8 Å². The van der Waals surface area contributed by atoms with E-state index in [1.165, 1.54) is 36.0 Å². The summed E-state index contributed by atoms with van der Waals surface area (Å²) in [4.78, 5) is 25.7. The van der Waals surface area contributed by atoms with E-state index in [0.717, 1.165) is 23.9 Å². The number of nitrogens with zero attached hydrogens (tertiary/aromatic N) is 1. The summed E-state index contributed by atoms with van der Waals surface area (Å²) in [6, 6.07) is 14.2. The van der Waals surface area contributed by atoms with Crippen LogP contribution in [0.3, 0.4) is 0 Å². The van der Waals surface area contributed by atoms with E-state index in [0.29, 0.717) is 17.1 Å². The third-order valence-electron chi connectivity index (χ3n) is 5.13. The Labute approximate surface area is 236 Å². The fourth-order valence-corrected chi connectivity index (χ4v) is 4.55. The van der Waals surface area contributed by atoms with Crippen molar-refractivity contribution < 1.29 is 33.0 Å². The first-order chi connectivity index (χ1) is 18.5. The van der Waals surface area contributed by atoms with Gasteiger partial charge >= 0.3 is 6.18 Å². The molecule has 3 aromatic carbocycles. The Kier molecular flexibility index (Phi) is 10.8. The predicted octanol–water partition coefficient (Wildman–Crippen LogP) is 5.61. The third-order valence-corrected chi connectivity index (χ3v) is 6.85. The molecule has 0 aliphatic heterocycles. The summed E-state index contributed by atoms with van der Waals surface area (Å²) in [5.41, 5.74) is 2.47. The summed E-state index contributed by atoms with van der Waals surface area (Å²) in [7, 11) is 0. The minimum atomic E-state index is -4.65. The zero-order valence-corrected chi connectivity index (χ0v) is 22.3. The number of anilines is 1.